The molecule has 1 amide bonds. The maximum absolute atomic E-state index is 12.4. The first-order valence-electron chi connectivity index (χ1n) is 8.19. The summed E-state index contributed by atoms with van der Waals surface area (Å²) < 4.78 is 5.99. The van der Waals surface area contributed by atoms with Gasteiger partial charge in [0.2, 0.25) is 5.91 Å². The van der Waals surface area contributed by atoms with Gasteiger partial charge in [-0.25, -0.2) is 0 Å². The van der Waals surface area contributed by atoms with Crippen molar-refractivity contribution in [2.24, 2.45) is 0 Å². The summed E-state index contributed by atoms with van der Waals surface area (Å²) in [6.07, 6.45) is 1.22. The van der Waals surface area contributed by atoms with Crippen LogP contribution in [0.4, 0.5) is 0 Å². The molecule has 3 heterocycles. The SMILES string of the molecule is Cc1noc(C)c1CCC(=O)N1CCN(Cc2ccc(Cl)s2)CC1. The molecule has 2 aromatic rings. The Morgan fingerprint density at radius 3 is 2.62 bits per heavy atom. The first kappa shape index (κ1) is 17.5. The standard InChI is InChI=1S/C17H22ClN3O2S/c1-12-15(13(2)23-19-12)4-6-17(22)21-9-7-20(8-10-21)11-14-3-5-16(18)24-14/h3,5H,4,6-11H2,1-2H3. The Morgan fingerprint density at radius 2 is 2.04 bits per heavy atom. The van der Waals surface area contributed by atoms with Gasteiger partial charge in [-0.3, -0.25) is 9.69 Å². The lowest BCUT2D eigenvalue weighted by Gasteiger charge is -2.34. The van der Waals surface area contributed by atoms with Gasteiger partial charge in [-0.2, -0.15) is 0 Å². The van der Waals surface area contributed by atoms with Gasteiger partial charge in [0.25, 0.3) is 0 Å². The van der Waals surface area contributed by atoms with E-state index in [4.69, 9.17) is 16.1 Å². The zero-order valence-corrected chi connectivity index (χ0v) is 15.6. The minimum absolute atomic E-state index is 0.216. The van der Waals surface area contributed by atoms with E-state index >= 15 is 0 Å². The van der Waals surface area contributed by atoms with Gasteiger partial charge in [0.1, 0.15) is 5.76 Å². The van der Waals surface area contributed by atoms with Crippen molar-refractivity contribution >= 4 is 28.8 Å². The van der Waals surface area contributed by atoms with E-state index < -0.39 is 0 Å². The average Bonchev–Trinajstić information content (AvgIpc) is 3.12. The Labute approximate surface area is 151 Å². The number of nitrogens with zero attached hydrogens (tertiary/aromatic N) is 3. The van der Waals surface area contributed by atoms with Gasteiger partial charge in [-0.05, 0) is 32.4 Å². The minimum Gasteiger partial charge on any atom is -0.361 e. The van der Waals surface area contributed by atoms with Crippen molar-refractivity contribution in [2.75, 3.05) is 26.2 Å². The molecule has 0 atom stereocenters. The second-order valence-corrected chi connectivity index (χ2v) is 7.97. The van der Waals surface area contributed by atoms with Crippen molar-refractivity contribution in [2.45, 2.75) is 33.2 Å². The average molecular weight is 368 g/mol. The minimum atomic E-state index is 0.216. The maximum atomic E-state index is 12.4. The number of amides is 1. The molecule has 1 fully saturated rings. The van der Waals surface area contributed by atoms with E-state index in [0.29, 0.717) is 12.8 Å². The number of halogens is 1. The first-order chi connectivity index (χ1) is 11.5. The summed E-state index contributed by atoms with van der Waals surface area (Å²) in [5, 5.41) is 3.94. The van der Waals surface area contributed by atoms with E-state index in [1.807, 2.05) is 24.8 Å². The third kappa shape index (κ3) is 4.18. The second kappa shape index (κ2) is 7.68. The molecule has 130 valence electrons. The summed E-state index contributed by atoms with van der Waals surface area (Å²) in [7, 11) is 0. The number of carbonyl (C=O) groups is 1. The number of piperazine rings is 1. The Balaban J connectivity index is 1.45. The summed E-state index contributed by atoms with van der Waals surface area (Å²) in [6, 6.07) is 4.02. The van der Waals surface area contributed by atoms with E-state index in [9.17, 15) is 4.79 Å². The Hall–Kier alpha value is -1.37. The number of aryl methyl sites for hydroxylation is 2. The highest BCUT2D eigenvalue weighted by molar-refractivity contribution is 7.16. The molecule has 5 nitrogen and oxygen atoms in total. The van der Waals surface area contributed by atoms with Crippen LogP contribution in [0.5, 0.6) is 0 Å². The molecule has 0 aromatic carbocycles. The van der Waals surface area contributed by atoms with Crippen molar-refractivity contribution in [3.8, 4) is 0 Å². The second-order valence-electron chi connectivity index (χ2n) is 6.17. The monoisotopic (exact) mass is 367 g/mol. The molecule has 0 unspecified atom stereocenters. The van der Waals surface area contributed by atoms with Crippen molar-refractivity contribution in [1.82, 2.24) is 15.0 Å². The van der Waals surface area contributed by atoms with Crippen LogP contribution in [0.15, 0.2) is 16.7 Å². The van der Waals surface area contributed by atoms with Crippen LogP contribution in [-0.4, -0.2) is 47.0 Å². The van der Waals surface area contributed by atoms with Crippen molar-refractivity contribution < 1.29 is 9.32 Å². The molecule has 0 N–H and O–H groups in total. The van der Waals surface area contributed by atoms with Gasteiger partial charge in [-0.15, -0.1) is 11.3 Å². The molecule has 1 aliphatic heterocycles. The smallest absolute Gasteiger partial charge is 0.222 e. The van der Waals surface area contributed by atoms with E-state index in [1.54, 1.807) is 11.3 Å². The molecule has 2 aromatic heterocycles. The Kier molecular flexibility index (Phi) is 5.58. The summed E-state index contributed by atoms with van der Waals surface area (Å²) in [6.45, 7) is 8.14. The molecule has 7 heteroatoms. The molecule has 1 saturated heterocycles. The van der Waals surface area contributed by atoms with Crippen LogP contribution in [0, 0.1) is 13.8 Å². The van der Waals surface area contributed by atoms with Gasteiger partial charge in [-0.1, -0.05) is 16.8 Å². The van der Waals surface area contributed by atoms with Gasteiger partial charge in [0.05, 0.1) is 10.0 Å². The van der Waals surface area contributed by atoms with Crippen molar-refractivity contribution in [3.05, 3.63) is 38.4 Å². The largest absolute Gasteiger partial charge is 0.361 e. The van der Waals surface area contributed by atoms with Crippen LogP contribution in [0.25, 0.3) is 0 Å². The van der Waals surface area contributed by atoms with Crippen LogP contribution in [-0.2, 0) is 17.8 Å². The zero-order chi connectivity index (χ0) is 17.1. The molecule has 24 heavy (non-hydrogen) atoms. The highest BCUT2D eigenvalue weighted by Crippen LogP contribution is 2.23. The van der Waals surface area contributed by atoms with Gasteiger partial charge >= 0.3 is 0 Å². The summed E-state index contributed by atoms with van der Waals surface area (Å²) in [4.78, 5) is 18.0. The fourth-order valence-electron chi connectivity index (χ4n) is 3.06. The van der Waals surface area contributed by atoms with Gasteiger partial charge in [0.15, 0.2) is 0 Å². The Morgan fingerprint density at radius 1 is 1.29 bits per heavy atom. The van der Waals surface area contributed by atoms with E-state index in [0.717, 1.165) is 54.1 Å². The third-order valence-electron chi connectivity index (χ3n) is 4.50. The third-order valence-corrected chi connectivity index (χ3v) is 5.72. The highest BCUT2D eigenvalue weighted by Gasteiger charge is 2.22. The fraction of sp³-hybridized carbons (Fsp3) is 0.529. The topological polar surface area (TPSA) is 49.6 Å². The first-order valence-corrected chi connectivity index (χ1v) is 9.38. The lowest BCUT2D eigenvalue weighted by molar-refractivity contribution is -0.132. The normalized spacial score (nSPS) is 15.9. The maximum Gasteiger partial charge on any atom is 0.222 e. The molecule has 0 aliphatic carbocycles. The molecule has 0 saturated carbocycles. The fourth-order valence-corrected chi connectivity index (χ4v) is 4.19. The van der Waals surface area contributed by atoms with Crippen molar-refractivity contribution in [3.63, 3.8) is 0 Å². The molecule has 0 radical (unpaired) electrons. The zero-order valence-electron chi connectivity index (χ0n) is 14.0. The quantitative estimate of drug-likeness (QED) is 0.813. The predicted molar refractivity (Wildman–Crippen MR) is 95.5 cm³/mol. The number of hydrogen-bond donors (Lipinski definition) is 0. The van der Waals surface area contributed by atoms with Crippen LogP contribution in [0.3, 0.4) is 0 Å². The Bertz CT molecular complexity index is 685. The van der Waals surface area contributed by atoms with E-state index in [1.165, 1.54) is 4.88 Å². The molecular formula is C17H22ClN3O2S. The molecule has 0 bridgehead atoms. The summed E-state index contributed by atoms with van der Waals surface area (Å²) in [5.41, 5.74) is 1.95. The molecule has 0 spiro atoms. The van der Waals surface area contributed by atoms with Crippen LogP contribution >= 0.6 is 22.9 Å². The lowest BCUT2D eigenvalue weighted by atomic mass is 10.1. The summed E-state index contributed by atoms with van der Waals surface area (Å²) in [5.74, 6) is 1.04. The number of hydrogen-bond acceptors (Lipinski definition) is 5. The highest BCUT2D eigenvalue weighted by atomic mass is 35.5. The van der Waals surface area contributed by atoms with Crippen LogP contribution < -0.4 is 0 Å². The van der Waals surface area contributed by atoms with Crippen LogP contribution in [0.2, 0.25) is 4.34 Å². The molecule has 1 aliphatic rings. The number of rotatable bonds is 5. The van der Waals surface area contributed by atoms with Crippen molar-refractivity contribution in [1.29, 1.82) is 0 Å². The molecular weight excluding hydrogens is 346 g/mol. The number of thiophene rings is 1. The van der Waals surface area contributed by atoms with Gasteiger partial charge in [0, 0.05) is 49.6 Å². The van der Waals surface area contributed by atoms with E-state index in [-0.39, 0.29) is 5.91 Å². The molecule has 3 rings (SSSR count). The predicted octanol–water partition coefficient (Wildman–Crippen LogP) is 3.28. The van der Waals surface area contributed by atoms with Crippen LogP contribution in [0.1, 0.15) is 28.3 Å². The van der Waals surface area contributed by atoms with E-state index in [2.05, 4.69) is 16.1 Å². The van der Waals surface area contributed by atoms with Gasteiger partial charge < -0.3 is 9.42 Å². The number of aromatic nitrogens is 1. The lowest BCUT2D eigenvalue weighted by Crippen LogP contribution is -2.48. The number of carbonyl (C=O) groups excluding carboxylic acids is 1. The summed E-state index contributed by atoms with van der Waals surface area (Å²) >= 11 is 7.60.